The van der Waals surface area contributed by atoms with Gasteiger partial charge in [0.1, 0.15) is 17.7 Å². The quantitative estimate of drug-likeness (QED) is 0.804. The number of rotatable bonds is 4. The lowest BCUT2D eigenvalue weighted by atomic mass is 10.3. The number of nitriles is 2. The topological polar surface area (TPSA) is 133 Å². The molecule has 0 spiro atoms. The van der Waals surface area contributed by atoms with E-state index in [1.54, 1.807) is 6.07 Å². The molecule has 1 atom stereocenters. The van der Waals surface area contributed by atoms with Crippen LogP contribution in [-0.4, -0.2) is 36.8 Å². The minimum absolute atomic E-state index is 0.211. The Kier molecular flexibility index (Phi) is 4.52. The molecule has 0 aliphatic heterocycles. The normalized spacial score (nSPS) is 12.2. The predicted octanol–water partition coefficient (Wildman–Crippen LogP) is -0.0270. The lowest BCUT2D eigenvalue weighted by Gasteiger charge is -2.11. The Morgan fingerprint density at radius 2 is 2.08 bits per heavy atom. The van der Waals surface area contributed by atoms with Crippen molar-refractivity contribution < 1.29 is 23.1 Å². The van der Waals surface area contributed by atoms with E-state index in [2.05, 4.69) is 10.2 Å². The van der Waals surface area contributed by atoms with Crippen LogP contribution in [-0.2, 0) is 17.5 Å². The van der Waals surface area contributed by atoms with Crippen molar-refractivity contribution in [3.8, 4) is 12.1 Å². The van der Waals surface area contributed by atoms with E-state index in [1.807, 2.05) is 5.43 Å². The highest BCUT2D eigenvalue weighted by Gasteiger charge is 2.37. The van der Waals surface area contributed by atoms with Gasteiger partial charge in [0, 0.05) is 6.20 Å². The van der Waals surface area contributed by atoms with E-state index in [0.29, 0.717) is 11.0 Å². The maximum atomic E-state index is 12.6. The average Bonchev–Trinajstić information content (AvgIpc) is 3.12. The number of aromatic nitrogens is 4. The monoisotopic (exact) mass is 339 g/mol. The summed E-state index contributed by atoms with van der Waals surface area (Å²) in [5, 5.41) is 33.8. The number of halogens is 3. The Bertz CT molecular complexity index is 840. The molecule has 2 N–H and O–H groups in total. The van der Waals surface area contributed by atoms with Crippen LogP contribution in [0.4, 0.5) is 13.2 Å². The molecule has 24 heavy (non-hydrogen) atoms. The number of alkyl halides is 3. The van der Waals surface area contributed by atoms with Gasteiger partial charge in [-0.25, -0.2) is 5.43 Å². The van der Waals surface area contributed by atoms with E-state index in [-0.39, 0.29) is 12.1 Å². The Labute approximate surface area is 132 Å². The molecule has 0 bridgehead atoms. The fourth-order valence-electron chi connectivity index (χ4n) is 1.69. The number of hydrogen-bond acceptors (Lipinski definition) is 6. The molecule has 0 aliphatic carbocycles. The van der Waals surface area contributed by atoms with Gasteiger partial charge in [-0.1, -0.05) is 0 Å². The van der Waals surface area contributed by atoms with Gasteiger partial charge >= 0.3 is 6.18 Å². The molecule has 1 amide bonds. The molecule has 1 unspecified atom stereocenters. The lowest BCUT2D eigenvalue weighted by molar-refractivity contribution is -0.141. The van der Waals surface area contributed by atoms with Crippen molar-refractivity contribution in [1.29, 1.82) is 10.5 Å². The van der Waals surface area contributed by atoms with E-state index in [1.165, 1.54) is 18.5 Å². The van der Waals surface area contributed by atoms with E-state index < -0.39 is 29.4 Å². The molecule has 0 aliphatic rings. The highest BCUT2D eigenvalue weighted by molar-refractivity contribution is 5.87. The number of amides is 1. The summed E-state index contributed by atoms with van der Waals surface area (Å²) >= 11 is 0. The van der Waals surface area contributed by atoms with Gasteiger partial charge in [0.05, 0.1) is 24.5 Å². The van der Waals surface area contributed by atoms with Crippen LogP contribution in [0.3, 0.4) is 0 Å². The molecular weight excluding hydrogens is 331 g/mol. The van der Waals surface area contributed by atoms with Gasteiger partial charge < -0.3 is 5.11 Å². The highest BCUT2D eigenvalue weighted by Crippen LogP contribution is 2.29. The zero-order valence-corrected chi connectivity index (χ0v) is 11.7. The van der Waals surface area contributed by atoms with Gasteiger partial charge in [-0.05, 0) is 0 Å². The Balaban J connectivity index is 2.08. The van der Waals surface area contributed by atoms with E-state index in [4.69, 9.17) is 10.5 Å². The van der Waals surface area contributed by atoms with E-state index in [9.17, 15) is 23.1 Å². The van der Waals surface area contributed by atoms with Crippen molar-refractivity contribution in [2.75, 3.05) is 5.43 Å². The first-order chi connectivity index (χ1) is 11.2. The number of nitrogens with zero attached hydrogens (tertiary/aromatic N) is 6. The van der Waals surface area contributed by atoms with Gasteiger partial charge in [-0.2, -0.15) is 33.6 Å². The molecule has 2 aromatic rings. The van der Waals surface area contributed by atoms with Crippen molar-refractivity contribution in [3.05, 3.63) is 35.4 Å². The van der Waals surface area contributed by atoms with Gasteiger partial charge in [0.25, 0.3) is 5.91 Å². The largest absolute Gasteiger partial charge is 0.436 e. The standard InChI is InChI=1S/C12H8F3N7O2/c13-12(14,15)10-8(2-17)5-22(19-10)20-11(24)9(23)6-21-4-7(1-16)3-18-21/h3-5,9,23H,6H2,(H,20,24). The number of hydrogen-bond donors (Lipinski definition) is 2. The Morgan fingerprint density at radius 3 is 2.58 bits per heavy atom. The second-order valence-electron chi connectivity index (χ2n) is 4.50. The number of aliphatic hydroxyl groups excluding tert-OH is 1. The van der Waals surface area contributed by atoms with Crippen LogP contribution >= 0.6 is 0 Å². The molecule has 2 aromatic heterocycles. The fourth-order valence-corrected chi connectivity index (χ4v) is 1.69. The first kappa shape index (κ1) is 17.0. The van der Waals surface area contributed by atoms with Crippen LogP contribution in [0, 0.1) is 22.7 Å². The first-order valence-corrected chi connectivity index (χ1v) is 6.23. The van der Waals surface area contributed by atoms with Crippen LogP contribution in [0.1, 0.15) is 16.8 Å². The third kappa shape index (κ3) is 3.68. The van der Waals surface area contributed by atoms with Crippen molar-refractivity contribution in [1.82, 2.24) is 19.7 Å². The second-order valence-corrected chi connectivity index (χ2v) is 4.50. The number of carbonyl (C=O) groups excluding carboxylic acids is 1. The van der Waals surface area contributed by atoms with Gasteiger partial charge in [-0.3, -0.25) is 9.48 Å². The van der Waals surface area contributed by atoms with Crippen molar-refractivity contribution in [2.24, 2.45) is 0 Å². The van der Waals surface area contributed by atoms with Crippen molar-refractivity contribution >= 4 is 5.91 Å². The summed E-state index contributed by atoms with van der Waals surface area (Å²) in [5.41, 5.74) is -0.108. The molecule has 2 rings (SSSR count). The van der Waals surface area contributed by atoms with E-state index >= 15 is 0 Å². The lowest BCUT2D eigenvalue weighted by Crippen LogP contribution is -2.36. The number of carbonyl (C=O) groups is 1. The van der Waals surface area contributed by atoms with Crippen LogP contribution in [0.2, 0.25) is 0 Å². The molecule has 124 valence electrons. The van der Waals surface area contributed by atoms with Crippen LogP contribution in [0.5, 0.6) is 0 Å². The van der Waals surface area contributed by atoms with Crippen LogP contribution in [0.15, 0.2) is 18.6 Å². The SMILES string of the molecule is N#Cc1cnn(CC(O)C(=O)Nn2cc(C#N)c(C(F)(F)F)n2)c1. The Hall–Kier alpha value is -3.38. The molecule has 2 heterocycles. The zero-order chi connectivity index (χ0) is 17.9. The third-order valence-electron chi connectivity index (χ3n) is 2.75. The van der Waals surface area contributed by atoms with Gasteiger partial charge in [-0.15, -0.1) is 5.10 Å². The molecule has 0 saturated heterocycles. The zero-order valence-electron chi connectivity index (χ0n) is 11.7. The first-order valence-electron chi connectivity index (χ1n) is 6.23. The maximum absolute atomic E-state index is 12.6. The number of aliphatic hydroxyl groups is 1. The van der Waals surface area contributed by atoms with Crippen molar-refractivity contribution in [3.63, 3.8) is 0 Å². The molecule has 0 saturated carbocycles. The summed E-state index contributed by atoms with van der Waals surface area (Å²) in [6, 6.07) is 3.11. The summed E-state index contributed by atoms with van der Waals surface area (Å²) in [4.78, 5) is 12.2. The third-order valence-corrected chi connectivity index (χ3v) is 2.75. The van der Waals surface area contributed by atoms with Crippen molar-refractivity contribution in [2.45, 2.75) is 18.8 Å². The van der Waals surface area contributed by atoms with Gasteiger partial charge in [0.2, 0.25) is 0 Å². The second kappa shape index (κ2) is 6.39. The van der Waals surface area contributed by atoms with Gasteiger partial charge in [0.15, 0.2) is 11.8 Å². The summed E-state index contributed by atoms with van der Waals surface area (Å²) < 4.78 is 39.0. The summed E-state index contributed by atoms with van der Waals surface area (Å²) in [6.07, 6.45) is -3.36. The Morgan fingerprint density at radius 1 is 1.38 bits per heavy atom. The smallest absolute Gasteiger partial charge is 0.381 e. The summed E-state index contributed by atoms with van der Waals surface area (Å²) in [6.45, 7) is -0.327. The van der Waals surface area contributed by atoms with E-state index in [0.717, 1.165) is 4.68 Å². The molecular formula is C12H8F3N7O2. The summed E-state index contributed by atoms with van der Waals surface area (Å²) in [5.74, 6) is -1.07. The molecule has 0 fully saturated rings. The molecule has 9 nitrogen and oxygen atoms in total. The van der Waals surface area contributed by atoms with Crippen LogP contribution in [0.25, 0.3) is 0 Å². The predicted molar refractivity (Wildman–Crippen MR) is 69.3 cm³/mol. The fraction of sp³-hybridized carbons (Fsp3) is 0.250. The minimum Gasteiger partial charge on any atom is -0.381 e. The highest BCUT2D eigenvalue weighted by atomic mass is 19.4. The molecule has 0 aromatic carbocycles. The molecule has 12 heteroatoms. The number of nitrogens with one attached hydrogen (secondary N) is 1. The maximum Gasteiger partial charge on any atom is 0.436 e. The summed E-state index contributed by atoms with van der Waals surface area (Å²) in [7, 11) is 0. The average molecular weight is 339 g/mol. The van der Waals surface area contributed by atoms with Crippen LogP contribution < -0.4 is 5.43 Å². The molecule has 0 radical (unpaired) electrons. The minimum atomic E-state index is -4.86.